The van der Waals surface area contributed by atoms with Gasteiger partial charge in [-0.25, -0.2) is 4.79 Å². The molecule has 2 saturated heterocycles. The number of amides is 2. The number of aromatic nitrogens is 1. The molecule has 3 aliphatic rings. The van der Waals surface area contributed by atoms with Crippen molar-refractivity contribution in [1.29, 1.82) is 0 Å². The van der Waals surface area contributed by atoms with Crippen LogP contribution in [0.2, 0.25) is 0 Å². The van der Waals surface area contributed by atoms with Crippen molar-refractivity contribution < 1.29 is 26.6 Å². The molecule has 2 bridgehead atoms. The number of aryl methyl sites for hydroxylation is 1. The van der Waals surface area contributed by atoms with Gasteiger partial charge in [0.2, 0.25) is 0 Å². The molecule has 4 rings (SSSR count). The number of rotatable bonds is 3. The summed E-state index contributed by atoms with van der Waals surface area (Å²) in [5, 5.41) is 4.79. The number of carbonyl (C=O) groups excluding carboxylic acids is 1. The highest BCUT2D eigenvalue weighted by molar-refractivity contribution is 7.80. The van der Waals surface area contributed by atoms with E-state index < -0.39 is 16.4 Å². The summed E-state index contributed by atoms with van der Waals surface area (Å²) in [6.07, 6.45) is 2.45. The van der Waals surface area contributed by atoms with E-state index >= 15 is 0 Å². The van der Waals surface area contributed by atoms with Gasteiger partial charge < -0.3 is 9.42 Å². The molecule has 3 heterocycles. The molecule has 22 heavy (non-hydrogen) atoms. The Hall–Kier alpha value is -1.65. The molecule has 120 valence electrons. The van der Waals surface area contributed by atoms with Gasteiger partial charge in [0.1, 0.15) is 11.5 Å². The Kier molecular flexibility index (Phi) is 2.67. The van der Waals surface area contributed by atoms with Gasteiger partial charge in [-0.05, 0) is 31.6 Å². The van der Waals surface area contributed by atoms with Crippen molar-refractivity contribution in [3.8, 4) is 0 Å². The fourth-order valence-electron chi connectivity index (χ4n) is 3.62. The third-order valence-corrected chi connectivity index (χ3v) is 5.17. The quantitative estimate of drug-likeness (QED) is 0.824. The number of hydrogen-bond donors (Lipinski definition) is 1. The first-order valence-electron chi connectivity index (χ1n) is 6.99. The van der Waals surface area contributed by atoms with Crippen LogP contribution in [0.15, 0.2) is 10.6 Å². The molecule has 1 aromatic heterocycles. The first-order valence-corrected chi connectivity index (χ1v) is 8.36. The van der Waals surface area contributed by atoms with E-state index in [1.165, 1.54) is 4.90 Å². The van der Waals surface area contributed by atoms with E-state index in [9.17, 15) is 13.2 Å². The highest BCUT2D eigenvalue weighted by atomic mass is 32.3. The van der Waals surface area contributed by atoms with E-state index in [0.29, 0.717) is 24.4 Å². The summed E-state index contributed by atoms with van der Waals surface area (Å²) in [6, 6.07) is 0.572. The molecule has 0 radical (unpaired) electrons. The van der Waals surface area contributed by atoms with Crippen LogP contribution in [0.3, 0.4) is 0 Å². The van der Waals surface area contributed by atoms with Crippen molar-refractivity contribution in [2.75, 3.05) is 6.54 Å². The average Bonchev–Trinajstić information content (AvgIpc) is 2.96. The number of fused-ring (bicyclic) bond motifs is 3. The lowest BCUT2D eigenvalue weighted by Gasteiger charge is -2.35. The lowest BCUT2D eigenvalue weighted by molar-refractivity contribution is -0.0527. The lowest BCUT2D eigenvalue weighted by atomic mass is 9.84. The Labute approximate surface area is 126 Å². The van der Waals surface area contributed by atoms with Gasteiger partial charge in [0, 0.05) is 12.6 Å². The normalized spacial score (nSPS) is 29.5. The van der Waals surface area contributed by atoms with Crippen molar-refractivity contribution in [2.45, 2.75) is 38.3 Å². The predicted molar refractivity (Wildman–Crippen MR) is 70.6 cm³/mol. The highest BCUT2D eigenvalue weighted by Gasteiger charge is 2.64. The second-order valence-corrected chi connectivity index (χ2v) is 7.23. The number of nitrogens with zero attached hydrogens (tertiary/aromatic N) is 3. The van der Waals surface area contributed by atoms with Gasteiger partial charge in [-0.3, -0.25) is 4.55 Å². The first kappa shape index (κ1) is 14.0. The Morgan fingerprint density at radius 3 is 2.77 bits per heavy atom. The molecule has 2 amide bonds. The van der Waals surface area contributed by atoms with Gasteiger partial charge in [-0.1, -0.05) is 5.16 Å². The minimum absolute atomic E-state index is 0.176. The molecule has 9 nitrogen and oxygen atoms in total. The third-order valence-electron chi connectivity index (χ3n) is 4.82. The molecule has 1 aliphatic carbocycles. The van der Waals surface area contributed by atoms with Gasteiger partial charge >= 0.3 is 16.4 Å². The van der Waals surface area contributed by atoms with E-state index in [1.54, 1.807) is 13.0 Å². The van der Waals surface area contributed by atoms with Crippen molar-refractivity contribution in [1.82, 2.24) is 15.1 Å². The summed E-state index contributed by atoms with van der Waals surface area (Å²) in [7, 11) is -4.74. The maximum atomic E-state index is 12.5. The Morgan fingerprint density at radius 2 is 2.23 bits per heavy atom. The molecule has 1 aromatic rings. The summed E-state index contributed by atoms with van der Waals surface area (Å²) in [5.74, 6) is 0.652. The van der Waals surface area contributed by atoms with Gasteiger partial charge in [-0.15, -0.1) is 4.28 Å². The second-order valence-electron chi connectivity index (χ2n) is 6.22. The molecule has 1 N–H and O–H groups in total. The average molecular weight is 329 g/mol. The zero-order valence-electron chi connectivity index (χ0n) is 11.8. The Morgan fingerprint density at radius 1 is 1.50 bits per heavy atom. The van der Waals surface area contributed by atoms with Crippen LogP contribution in [0, 0.1) is 12.3 Å². The summed E-state index contributed by atoms with van der Waals surface area (Å²) >= 11 is 0. The van der Waals surface area contributed by atoms with E-state index in [4.69, 9.17) is 9.08 Å². The summed E-state index contributed by atoms with van der Waals surface area (Å²) < 4.78 is 40.5. The van der Waals surface area contributed by atoms with Crippen molar-refractivity contribution >= 4 is 16.4 Å². The van der Waals surface area contributed by atoms with Crippen LogP contribution in [0.25, 0.3) is 0 Å². The third kappa shape index (κ3) is 2.02. The van der Waals surface area contributed by atoms with Crippen LogP contribution in [0.4, 0.5) is 4.79 Å². The number of hydroxylamine groups is 2. The SMILES string of the molecule is Cc1cc(C2CC3(CC3)C3CN2C(=O)N3OS(=O)(=O)O)no1. The van der Waals surface area contributed by atoms with Gasteiger partial charge in [0.15, 0.2) is 0 Å². The van der Waals surface area contributed by atoms with Gasteiger partial charge in [0.05, 0.1) is 12.1 Å². The topological polar surface area (TPSA) is 113 Å². The minimum atomic E-state index is -4.74. The molecule has 1 spiro atoms. The molecule has 3 fully saturated rings. The zero-order chi connectivity index (χ0) is 15.7. The lowest BCUT2D eigenvalue weighted by Crippen LogP contribution is -2.43. The Balaban J connectivity index is 1.70. The molecule has 1 saturated carbocycles. The standard InChI is InChI=1S/C12H15N3O6S/c1-7-4-8(13-20-7)9-5-12(2-3-12)10-6-14(9)11(16)15(10)21-22(17,18)19/h4,9-10H,2-3,5-6H2,1H3,(H,17,18,19). The number of hydrogen-bond acceptors (Lipinski definition) is 6. The van der Waals surface area contributed by atoms with Crippen molar-refractivity contribution in [2.24, 2.45) is 5.41 Å². The van der Waals surface area contributed by atoms with E-state index in [1.807, 2.05) is 0 Å². The van der Waals surface area contributed by atoms with Crippen LogP contribution < -0.4 is 0 Å². The molecule has 2 unspecified atom stereocenters. The summed E-state index contributed by atoms with van der Waals surface area (Å²) in [4.78, 5) is 14.0. The van der Waals surface area contributed by atoms with E-state index in [-0.39, 0.29) is 17.5 Å². The van der Waals surface area contributed by atoms with Crippen LogP contribution in [-0.2, 0) is 14.7 Å². The van der Waals surface area contributed by atoms with Crippen LogP contribution in [0.5, 0.6) is 0 Å². The maximum Gasteiger partial charge on any atom is 0.418 e. The predicted octanol–water partition coefficient (Wildman–Crippen LogP) is 1.05. The van der Waals surface area contributed by atoms with E-state index in [0.717, 1.165) is 17.9 Å². The molecule has 2 aliphatic heterocycles. The summed E-state index contributed by atoms with van der Waals surface area (Å²) in [5.41, 5.74) is 0.481. The highest BCUT2D eigenvalue weighted by Crippen LogP contribution is 2.61. The van der Waals surface area contributed by atoms with Gasteiger partial charge in [-0.2, -0.15) is 13.5 Å². The van der Waals surface area contributed by atoms with E-state index in [2.05, 4.69) is 9.44 Å². The smallest absolute Gasteiger partial charge is 0.361 e. The minimum Gasteiger partial charge on any atom is -0.361 e. The van der Waals surface area contributed by atoms with Crippen LogP contribution >= 0.6 is 0 Å². The van der Waals surface area contributed by atoms with Crippen molar-refractivity contribution in [3.05, 3.63) is 17.5 Å². The fourth-order valence-corrected chi connectivity index (χ4v) is 3.99. The first-order chi connectivity index (χ1) is 10.3. The van der Waals surface area contributed by atoms with Crippen molar-refractivity contribution in [3.63, 3.8) is 0 Å². The number of carbonyl (C=O) groups is 1. The monoisotopic (exact) mass is 329 g/mol. The number of piperidine rings is 1. The molecule has 0 aromatic carbocycles. The maximum absolute atomic E-state index is 12.5. The summed E-state index contributed by atoms with van der Waals surface area (Å²) in [6.45, 7) is 2.12. The number of urea groups is 1. The molecule has 2 atom stereocenters. The molecular formula is C12H15N3O6S. The largest absolute Gasteiger partial charge is 0.418 e. The second kappa shape index (κ2) is 4.21. The van der Waals surface area contributed by atoms with Gasteiger partial charge in [0.25, 0.3) is 0 Å². The zero-order valence-corrected chi connectivity index (χ0v) is 12.6. The fraction of sp³-hybridized carbons (Fsp3) is 0.667. The molecular weight excluding hydrogens is 314 g/mol. The van der Waals surface area contributed by atoms with Crippen LogP contribution in [0.1, 0.15) is 36.8 Å². The van der Waals surface area contributed by atoms with Crippen LogP contribution in [-0.4, -0.2) is 46.7 Å². The molecule has 10 heteroatoms. The Bertz CT molecular complexity index is 740.